The molecule has 23 heavy (non-hydrogen) atoms. The summed E-state index contributed by atoms with van der Waals surface area (Å²) in [6, 6.07) is 1.46. The van der Waals surface area contributed by atoms with E-state index in [4.69, 9.17) is 4.52 Å². The molecule has 128 valence electrons. The number of rotatable bonds is 5. The first kappa shape index (κ1) is 16.4. The van der Waals surface area contributed by atoms with E-state index in [2.05, 4.69) is 15.2 Å². The average Bonchev–Trinajstić information content (AvgIpc) is 3.24. The summed E-state index contributed by atoms with van der Waals surface area (Å²) in [6.45, 7) is 2.22. The number of hydrogen-bond acceptors (Lipinski definition) is 5. The molecule has 2 fully saturated rings. The first-order valence-corrected chi connectivity index (χ1v) is 9.32. The minimum Gasteiger partial charge on any atom is -0.360 e. The van der Waals surface area contributed by atoms with Gasteiger partial charge in [0.1, 0.15) is 5.76 Å². The molecule has 0 unspecified atom stereocenters. The second kappa shape index (κ2) is 6.21. The standard InChI is InChI=1S/C14H22N4O4S/c1-9-7-11(5-6-18(9)23(20,21)15-2)16-14(19)12-8-13(22-17-12)10-3-4-10/h8-11,15H,3-7H2,1-2H3,(H,16,19)/t9-,11+/m1/s1. The van der Waals surface area contributed by atoms with E-state index in [1.807, 2.05) is 6.92 Å². The Bertz CT molecular complexity index is 683. The zero-order valence-electron chi connectivity index (χ0n) is 13.3. The van der Waals surface area contributed by atoms with Gasteiger partial charge >= 0.3 is 0 Å². The maximum absolute atomic E-state index is 12.2. The summed E-state index contributed by atoms with van der Waals surface area (Å²) < 4.78 is 32.7. The molecule has 2 N–H and O–H groups in total. The minimum atomic E-state index is -3.43. The highest BCUT2D eigenvalue weighted by molar-refractivity contribution is 7.87. The lowest BCUT2D eigenvalue weighted by Crippen LogP contribution is -2.53. The highest BCUT2D eigenvalue weighted by Gasteiger charge is 2.34. The third kappa shape index (κ3) is 3.56. The van der Waals surface area contributed by atoms with Crippen LogP contribution in [0.4, 0.5) is 0 Å². The van der Waals surface area contributed by atoms with Crippen molar-refractivity contribution in [3.8, 4) is 0 Å². The molecule has 1 saturated heterocycles. The van der Waals surface area contributed by atoms with Crippen LogP contribution in [0.15, 0.2) is 10.6 Å². The van der Waals surface area contributed by atoms with Crippen LogP contribution < -0.4 is 10.0 Å². The van der Waals surface area contributed by atoms with Gasteiger partial charge in [0.15, 0.2) is 5.69 Å². The molecule has 9 heteroatoms. The zero-order chi connectivity index (χ0) is 16.6. The molecular weight excluding hydrogens is 320 g/mol. The van der Waals surface area contributed by atoms with E-state index in [0.29, 0.717) is 31.0 Å². The smallest absolute Gasteiger partial charge is 0.279 e. The summed E-state index contributed by atoms with van der Waals surface area (Å²) in [4.78, 5) is 12.2. The molecule has 1 aliphatic carbocycles. The SMILES string of the molecule is CNS(=O)(=O)N1CC[C@H](NC(=O)c2cc(C3CC3)on2)C[C@H]1C. The first-order valence-electron chi connectivity index (χ1n) is 7.88. The lowest BCUT2D eigenvalue weighted by atomic mass is 10.0. The van der Waals surface area contributed by atoms with Gasteiger partial charge in [0, 0.05) is 37.7 Å². The van der Waals surface area contributed by atoms with E-state index in [1.165, 1.54) is 11.4 Å². The van der Waals surface area contributed by atoms with Crippen LogP contribution in [-0.2, 0) is 10.2 Å². The molecule has 1 aromatic heterocycles. The van der Waals surface area contributed by atoms with Gasteiger partial charge in [-0.15, -0.1) is 0 Å². The van der Waals surface area contributed by atoms with Crippen molar-refractivity contribution >= 4 is 16.1 Å². The van der Waals surface area contributed by atoms with E-state index < -0.39 is 10.2 Å². The quantitative estimate of drug-likeness (QED) is 0.815. The largest absolute Gasteiger partial charge is 0.360 e. The Morgan fingerprint density at radius 1 is 1.39 bits per heavy atom. The monoisotopic (exact) mass is 342 g/mol. The number of carbonyl (C=O) groups excluding carboxylic acids is 1. The predicted octanol–water partition coefficient (Wildman–Crippen LogP) is 0.599. The van der Waals surface area contributed by atoms with Crippen molar-refractivity contribution in [2.45, 2.75) is 50.6 Å². The molecule has 1 aromatic rings. The van der Waals surface area contributed by atoms with Crippen LogP contribution in [0, 0.1) is 0 Å². The normalized spacial score (nSPS) is 26.2. The van der Waals surface area contributed by atoms with Crippen LogP contribution >= 0.6 is 0 Å². The number of piperidine rings is 1. The molecule has 0 bridgehead atoms. The van der Waals surface area contributed by atoms with Crippen molar-refractivity contribution in [2.24, 2.45) is 0 Å². The molecule has 2 atom stereocenters. The predicted molar refractivity (Wildman–Crippen MR) is 83.1 cm³/mol. The summed E-state index contributed by atoms with van der Waals surface area (Å²) in [5.41, 5.74) is 0.296. The van der Waals surface area contributed by atoms with Crippen molar-refractivity contribution in [1.29, 1.82) is 0 Å². The van der Waals surface area contributed by atoms with Gasteiger partial charge in [0.25, 0.3) is 16.1 Å². The Morgan fingerprint density at radius 3 is 2.74 bits per heavy atom. The van der Waals surface area contributed by atoms with Crippen LogP contribution in [0.5, 0.6) is 0 Å². The number of nitrogens with zero attached hydrogens (tertiary/aromatic N) is 2. The molecule has 0 spiro atoms. The van der Waals surface area contributed by atoms with Gasteiger partial charge in [0.2, 0.25) is 0 Å². The fraction of sp³-hybridized carbons (Fsp3) is 0.714. The van der Waals surface area contributed by atoms with E-state index in [-0.39, 0.29) is 18.0 Å². The Morgan fingerprint density at radius 2 is 2.13 bits per heavy atom. The van der Waals surface area contributed by atoms with Crippen LogP contribution in [-0.4, -0.2) is 49.5 Å². The molecule has 8 nitrogen and oxygen atoms in total. The van der Waals surface area contributed by atoms with Gasteiger partial charge in [-0.2, -0.15) is 12.7 Å². The molecule has 1 amide bonds. The molecule has 0 radical (unpaired) electrons. The molecule has 1 saturated carbocycles. The van der Waals surface area contributed by atoms with Gasteiger partial charge < -0.3 is 9.84 Å². The summed E-state index contributed by atoms with van der Waals surface area (Å²) in [6.07, 6.45) is 3.32. The fourth-order valence-electron chi connectivity index (χ4n) is 2.97. The maximum atomic E-state index is 12.2. The maximum Gasteiger partial charge on any atom is 0.279 e. The van der Waals surface area contributed by atoms with Gasteiger partial charge in [-0.3, -0.25) is 4.79 Å². The first-order chi connectivity index (χ1) is 10.9. The van der Waals surface area contributed by atoms with Crippen LogP contribution in [0.1, 0.15) is 54.8 Å². The van der Waals surface area contributed by atoms with Crippen molar-refractivity contribution in [3.05, 3.63) is 17.5 Å². The van der Waals surface area contributed by atoms with Crippen molar-refractivity contribution in [3.63, 3.8) is 0 Å². The van der Waals surface area contributed by atoms with Crippen molar-refractivity contribution in [2.75, 3.05) is 13.6 Å². The summed E-state index contributed by atoms with van der Waals surface area (Å²) in [5, 5.41) is 6.75. The summed E-state index contributed by atoms with van der Waals surface area (Å²) >= 11 is 0. The van der Waals surface area contributed by atoms with Crippen LogP contribution in [0.2, 0.25) is 0 Å². The van der Waals surface area contributed by atoms with E-state index in [1.54, 1.807) is 6.07 Å². The van der Waals surface area contributed by atoms with Crippen molar-refractivity contribution in [1.82, 2.24) is 19.5 Å². The third-order valence-corrected chi connectivity index (χ3v) is 6.13. The number of nitrogens with one attached hydrogen (secondary N) is 2. The molecule has 1 aliphatic heterocycles. The van der Waals surface area contributed by atoms with Gasteiger partial charge in [0.05, 0.1) is 0 Å². The number of amides is 1. The Hall–Kier alpha value is -1.45. The Balaban J connectivity index is 1.57. The topological polar surface area (TPSA) is 105 Å². The fourth-order valence-corrected chi connectivity index (χ4v) is 4.11. The summed E-state index contributed by atoms with van der Waals surface area (Å²) in [7, 11) is -2.03. The van der Waals surface area contributed by atoms with E-state index >= 15 is 0 Å². The van der Waals surface area contributed by atoms with Gasteiger partial charge in [-0.1, -0.05) is 5.16 Å². The molecule has 0 aromatic carbocycles. The highest BCUT2D eigenvalue weighted by Crippen LogP contribution is 2.40. The van der Waals surface area contributed by atoms with Crippen LogP contribution in [0.3, 0.4) is 0 Å². The average molecular weight is 342 g/mol. The molecule has 2 aliphatic rings. The lowest BCUT2D eigenvalue weighted by Gasteiger charge is -2.36. The number of carbonyl (C=O) groups is 1. The molecular formula is C14H22N4O4S. The molecule has 2 heterocycles. The Labute approximate surface area is 135 Å². The van der Waals surface area contributed by atoms with Crippen LogP contribution in [0.25, 0.3) is 0 Å². The Kier molecular flexibility index (Phi) is 4.43. The lowest BCUT2D eigenvalue weighted by molar-refractivity contribution is 0.0905. The highest BCUT2D eigenvalue weighted by atomic mass is 32.2. The van der Waals surface area contributed by atoms with Gasteiger partial charge in [-0.05, 0) is 32.6 Å². The second-order valence-electron chi connectivity index (χ2n) is 6.25. The van der Waals surface area contributed by atoms with E-state index in [0.717, 1.165) is 18.6 Å². The van der Waals surface area contributed by atoms with Gasteiger partial charge in [-0.25, -0.2) is 4.72 Å². The number of aromatic nitrogens is 1. The third-order valence-electron chi connectivity index (χ3n) is 4.46. The minimum absolute atomic E-state index is 0.0677. The second-order valence-corrected chi connectivity index (χ2v) is 8.08. The molecule has 3 rings (SSSR count). The zero-order valence-corrected chi connectivity index (χ0v) is 14.1. The summed E-state index contributed by atoms with van der Waals surface area (Å²) in [5.74, 6) is 0.931. The van der Waals surface area contributed by atoms with E-state index in [9.17, 15) is 13.2 Å². The number of hydrogen-bond donors (Lipinski definition) is 2. The van der Waals surface area contributed by atoms with Crippen molar-refractivity contribution < 1.29 is 17.7 Å².